The lowest BCUT2D eigenvalue weighted by Gasteiger charge is -2.44. The first-order chi connectivity index (χ1) is 10.7. The summed E-state index contributed by atoms with van der Waals surface area (Å²) in [5.41, 5.74) is 0.464. The first kappa shape index (κ1) is 15.9. The number of carbonyl (C=O) groups is 1. The molecule has 2 heterocycles. The summed E-state index contributed by atoms with van der Waals surface area (Å²) in [6.45, 7) is 4.46. The van der Waals surface area contributed by atoms with E-state index in [-0.39, 0.29) is 5.97 Å². The molecule has 0 amide bonds. The molecule has 0 spiro atoms. The number of piperidine rings is 1. The van der Waals surface area contributed by atoms with Crippen molar-refractivity contribution in [3.05, 3.63) is 16.1 Å². The van der Waals surface area contributed by atoms with Gasteiger partial charge in [0.25, 0.3) is 0 Å². The number of nitrogens with zero attached hydrogens (tertiary/aromatic N) is 2. The van der Waals surface area contributed by atoms with Crippen LogP contribution in [0, 0.1) is 0 Å². The Hall–Kier alpha value is -0.980. The van der Waals surface area contributed by atoms with Crippen LogP contribution >= 0.6 is 11.3 Å². The monoisotopic (exact) mass is 324 g/mol. The van der Waals surface area contributed by atoms with Gasteiger partial charge >= 0.3 is 5.97 Å². The molecule has 0 unspecified atom stereocenters. The predicted octanol–water partition coefficient (Wildman–Crippen LogP) is 2.68. The molecular formula is C16H24N2O3S. The van der Waals surface area contributed by atoms with Gasteiger partial charge in [0.15, 0.2) is 5.69 Å². The predicted molar refractivity (Wildman–Crippen MR) is 85.4 cm³/mol. The maximum Gasteiger partial charge on any atom is 0.357 e. The molecule has 2 aliphatic rings. The number of rotatable bonds is 5. The summed E-state index contributed by atoms with van der Waals surface area (Å²) in [6.07, 6.45) is 5.07. The third-order valence-electron chi connectivity index (χ3n) is 4.80. The third kappa shape index (κ3) is 3.34. The molecule has 1 aliphatic carbocycles. The van der Waals surface area contributed by atoms with Gasteiger partial charge in [0.05, 0.1) is 17.7 Å². The average molecular weight is 324 g/mol. The highest BCUT2D eigenvalue weighted by Crippen LogP contribution is 2.35. The van der Waals surface area contributed by atoms with Crippen LogP contribution in [0.25, 0.3) is 0 Å². The van der Waals surface area contributed by atoms with E-state index < -0.39 is 0 Å². The fourth-order valence-electron chi connectivity index (χ4n) is 3.31. The molecular weight excluding hydrogens is 300 g/mol. The zero-order valence-corrected chi connectivity index (χ0v) is 14.1. The Balaban J connectivity index is 1.50. The summed E-state index contributed by atoms with van der Waals surface area (Å²) in [4.78, 5) is 18.8. The van der Waals surface area contributed by atoms with Crippen LogP contribution in [0.3, 0.4) is 0 Å². The van der Waals surface area contributed by atoms with Crippen LogP contribution < -0.4 is 0 Å². The van der Waals surface area contributed by atoms with E-state index in [1.807, 2.05) is 12.3 Å². The maximum absolute atomic E-state index is 11.7. The Morgan fingerprint density at radius 3 is 2.77 bits per heavy atom. The number of hydrogen-bond acceptors (Lipinski definition) is 6. The Kier molecular flexibility index (Phi) is 5.10. The molecule has 1 aromatic rings. The number of ether oxygens (including phenoxy) is 2. The molecule has 0 radical (unpaired) electrons. The van der Waals surface area contributed by atoms with Crippen molar-refractivity contribution < 1.29 is 14.3 Å². The van der Waals surface area contributed by atoms with Crippen LogP contribution in [0.15, 0.2) is 5.38 Å². The van der Waals surface area contributed by atoms with Gasteiger partial charge in [0.2, 0.25) is 0 Å². The highest BCUT2D eigenvalue weighted by atomic mass is 32.1. The largest absolute Gasteiger partial charge is 0.461 e. The van der Waals surface area contributed by atoms with Gasteiger partial charge in [-0.15, -0.1) is 11.3 Å². The van der Waals surface area contributed by atoms with Crippen molar-refractivity contribution >= 4 is 17.3 Å². The fraction of sp³-hybridized carbons (Fsp3) is 0.750. The minimum atomic E-state index is -0.303. The molecule has 0 N–H and O–H groups in total. The van der Waals surface area contributed by atoms with Gasteiger partial charge in [-0.05, 0) is 45.7 Å². The van der Waals surface area contributed by atoms with E-state index in [0.29, 0.717) is 30.4 Å². The first-order valence-electron chi connectivity index (χ1n) is 8.10. The number of esters is 1. The first-order valence-corrected chi connectivity index (χ1v) is 8.98. The van der Waals surface area contributed by atoms with Gasteiger partial charge in [-0.2, -0.15) is 0 Å². The fourth-order valence-corrected chi connectivity index (χ4v) is 4.27. The Morgan fingerprint density at radius 2 is 2.14 bits per heavy atom. The lowest BCUT2D eigenvalue weighted by molar-refractivity contribution is -0.0335. The van der Waals surface area contributed by atoms with E-state index in [2.05, 4.69) is 9.88 Å². The van der Waals surface area contributed by atoms with Gasteiger partial charge in [0, 0.05) is 24.4 Å². The van der Waals surface area contributed by atoms with E-state index in [1.54, 1.807) is 18.4 Å². The van der Waals surface area contributed by atoms with Crippen LogP contribution in [0.4, 0.5) is 0 Å². The molecule has 1 saturated carbocycles. The van der Waals surface area contributed by atoms with E-state index >= 15 is 0 Å². The summed E-state index contributed by atoms with van der Waals surface area (Å²) in [7, 11) is 1.80. The molecule has 0 aromatic carbocycles. The molecule has 22 heavy (non-hydrogen) atoms. The molecule has 0 atom stereocenters. The standard InChI is InChI=1S/C16H24N2O3S/c1-3-21-16(19)14-10-22-15(17-14)11-4-6-18(7-5-11)12-8-13(9-12)20-2/h10-13H,3-9H2,1-2H3. The number of methoxy groups -OCH3 is 1. The zero-order valence-electron chi connectivity index (χ0n) is 13.3. The third-order valence-corrected chi connectivity index (χ3v) is 5.81. The van der Waals surface area contributed by atoms with Crippen molar-refractivity contribution in [2.75, 3.05) is 26.8 Å². The number of hydrogen-bond donors (Lipinski definition) is 0. The summed E-state index contributed by atoms with van der Waals surface area (Å²) >= 11 is 1.59. The molecule has 1 saturated heterocycles. The van der Waals surface area contributed by atoms with Crippen molar-refractivity contribution in [1.29, 1.82) is 0 Å². The van der Waals surface area contributed by atoms with Crippen molar-refractivity contribution in [1.82, 2.24) is 9.88 Å². The lowest BCUT2D eigenvalue weighted by Crippen LogP contribution is -2.50. The van der Waals surface area contributed by atoms with Gasteiger partial charge < -0.3 is 14.4 Å². The second-order valence-electron chi connectivity index (χ2n) is 6.08. The van der Waals surface area contributed by atoms with E-state index in [9.17, 15) is 4.79 Å². The van der Waals surface area contributed by atoms with Gasteiger partial charge in [-0.1, -0.05) is 0 Å². The van der Waals surface area contributed by atoms with Crippen LogP contribution in [0.5, 0.6) is 0 Å². The van der Waals surface area contributed by atoms with Crippen LogP contribution in [-0.2, 0) is 9.47 Å². The van der Waals surface area contributed by atoms with Crippen molar-refractivity contribution in [2.24, 2.45) is 0 Å². The summed E-state index contributed by atoms with van der Waals surface area (Å²) in [6, 6.07) is 0.706. The molecule has 5 nitrogen and oxygen atoms in total. The minimum Gasteiger partial charge on any atom is -0.461 e. The Bertz CT molecular complexity index is 505. The molecule has 2 fully saturated rings. The van der Waals surface area contributed by atoms with Crippen LogP contribution in [0.1, 0.15) is 54.0 Å². The maximum atomic E-state index is 11.7. The van der Waals surface area contributed by atoms with E-state index in [1.165, 1.54) is 12.8 Å². The summed E-state index contributed by atoms with van der Waals surface area (Å²) < 4.78 is 10.4. The quantitative estimate of drug-likeness (QED) is 0.780. The highest BCUT2D eigenvalue weighted by molar-refractivity contribution is 7.09. The number of likely N-dealkylation sites (tertiary alicyclic amines) is 1. The SMILES string of the molecule is CCOC(=O)c1csc(C2CCN(C3CC(OC)C3)CC2)n1. The van der Waals surface area contributed by atoms with Gasteiger partial charge in [0.1, 0.15) is 0 Å². The van der Waals surface area contributed by atoms with Crippen LogP contribution in [0.2, 0.25) is 0 Å². The molecule has 0 bridgehead atoms. The van der Waals surface area contributed by atoms with Gasteiger partial charge in [-0.25, -0.2) is 9.78 Å². The van der Waals surface area contributed by atoms with E-state index in [0.717, 1.165) is 30.9 Å². The number of thiazole rings is 1. The van der Waals surface area contributed by atoms with Crippen molar-refractivity contribution in [2.45, 2.75) is 50.7 Å². The van der Waals surface area contributed by atoms with Crippen molar-refractivity contribution in [3.63, 3.8) is 0 Å². The average Bonchev–Trinajstić information content (AvgIpc) is 2.97. The summed E-state index contributed by atoms with van der Waals surface area (Å²) in [5.74, 6) is 0.185. The lowest BCUT2D eigenvalue weighted by atomic mass is 9.85. The van der Waals surface area contributed by atoms with Crippen molar-refractivity contribution in [3.8, 4) is 0 Å². The minimum absolute atomic E-state index is 0.303. The Morgan fingerprint density at radius 1 is 1.41 bits per heavy atom. The molecule has 3 rings (SSSR count). The molecule has 1 aliphatic heterocycles. The van der Waals surface area contributed by atoms with Gasteiger partial charge in [-0.3, -0.25) is 0 Å². The second kappa shape index (κ2) is 7.06. The smallest absolute Gasteiger partial charge is 0.357 e. The second-order valence-corrected chi connectivity index (χ2v) is 6.97. The highest BCUT2D eigenvalue weighted by Gasteiger charge is 2.36. The number of aromatic nitrogens is 1. The molecule has 1 aromatic heterocycles. The normalized spacial score (nSPS) is 26.6. The topological polar surface area (TPSA) is 51.7 Å². The molecule has 122 valence electrons. The Labute approximate surface area is 135 Å². The molecule has 6 heteroatoms. The summed E-state index contributed by atoms with van der Waals surface area (Å²) in [5, 5.41) is 2.92. The van der Waals surface area contributed by atoms with E-state index in [4.69, 9.17) is 9.47 Å². The van der Waals surface area contributed by atoms with Crippen LogP contribution in [-0.4, -0.2) is 54.8 Å². The zero-order chi connectivity index (χ0) is 15.5. The number of carbonyl (C=O) groups excluding carboxylic acids is 1.